The summed E-state index contributed by atoms with van der Waals surface area (Å²) in [5.41, 5.74) is 1.13. The number of anilines is 2. The summed E-state index contributed by atoms with van der Waals surface area (Å²) in [5.74, 6) is -0.0477. The van der Waals surface area contributed by atoms with Gasteiger partial charge in [-0.05, 0) is 43.7 Å². The second-order valence-corrected chi connectivity index (χ2v) is 6.69. The van der Waals surface area contributed by atoms with Crippen LogP contribution in [0.4, 0.5) is 11.4 Å². The van der Waals surface area contributed by atoms with E-state index in [1.807, 2.05) is 0 Å². The molecule has 0 spiro atoms. The Hall–Kier alpha value is -1.31. The van der Waals surface area contributed by atoms with Crippen molar-refractivity contribution in [2.45, 2.75) is 25.3 Å². The van der Waals surface area contributed by atoms with Gasteiger partial charge in [-0.3, -0.25) is 9.52 Å². The van der Waals surface area contributed by atoms with Crippen molar-refractivity contribution < 1.29 is 13.2 Å². The predicted octanol–water partition coefficient (Wildman–Crippen LogP) is 1.56. The van der Waals surface area contributed by atoms with E-state index < -0.39 is 10.0 Å². The normalized spacial score (nSPS) is 18.4. The van der Waals surface area contributed by atoms with Gasteiger partial charge in [0, 0.05) is 11.4 Å². The largest absolute Gasteiger partial charge is 0.325 e. The summed E-state index contributed by atoms with van der Waals surface area (Å²) in [4.78, 5) is 12.0. The minimum atomic E-state index is -3.28. The Morgan fingerprint density at radius 1 is 1.19 bits per heavy atom. The lowest BCUT2D eigenvalue weighted by Crippen LogP contribution is -2.43. The van der Waals surface area contributed by atoms with E-state index >= 15 is 0 Å². The Morgan fingerprint density at radius 3 is 2.33 bits per heavy atom. The van der Waals surface area contributed by atoms with Crippen molar-refractivity contribution in [3.63, 3.8) is 0 Å². The number of rotatable bonds is 4. The quantitative estimate of drug-likeness (QED) is 0.780. The molecule has 118 valence electrons. The van der Waals surface area contributed by atoms with Crippen LogP contribution in [0.1, 0.15) is 19.3 Å². The molecule has 1 aromatic carbocycles. The zero-order chi connectivity index (χ0) is 14.6. The molecule has 3 N–H and O–H groups in total. The van der Waals surface area contributed by atoms with Crippen LogP contribution in [0.3, 0.4) is 0 Å². The van der Waals surface area contributed by atoms with Crippen molar-refractivity contribution in [2.75, 3.05) is 22.8 Å². The average Bonchev–Trinajstić information content (AvgIpc) is 2.40. The van der Waals surface area contributed by atoms with Gasteiger partial charge in [0.1, 0.15) is 0 Å². The van der Waals surface area contributed by atoms with E-state index in [0.717, 1.165) is 32.1 Å². The topological polar surface area (TPSA) is 87.3 Å². The van der Waals surface area contributed by atoms with Crippen molar-refractivity contribution in [1.29, 1.82) is 0 Å². The van der Waals surface area contributed by atoms with Gasteiger partial charge in [0.05, 0.1) is 12.3 Å². The smallest absolute Gasteiger partial charge is 0.241 e. The van der Waals surface area contributed by atoms with E-state index in [1.54, 1.807) is 24.3 Å². The maximum Gasteiger partial charge on any atom is 0.241 e. The Kier molecular flexibility index (Phi) is 6.44. The molecule has 1 amide bonds. The first-order valence-corrected chi connectivity index (χ1v) is 8.45. The Bertz CT molecular complexity index is 569. The van der Waals surface area contributed by atoms with Crippen molar-refractivity contribution in [1.82, 2.24) is 5.32 Å². The number of piperidine rings is 1. The fourth-order valence-electron chi connectivity index (χ4n) is 2.14. The number of hydrogen-bond donors (Lipinski definition) is 3. The summed E-state index contributed by atoms with van der Waals surface area (Å²) >= 11 is 0. The van der Waals surface area contributed by atoms with Gasteiger partial charge >= 0.3 is 0 Å². The van der Waals surface area contributed by atoms with E-state index in [1.165, 1.54) is 0 Å². The molecule has 0 unspecified atom stereocenters. The number of carbonyl (C=O) groups is 1. The van der Waals surface area contributed by atoms with E-state index in [2.05, 4.69) is 15.4 Å². The summed E-state index contributed by atoms with van der Waals surface area (Å²) in [7, 11) is -3.28. The summed E-state index contributed by atoms with van der Waals surface area (Å²) in [6, 6.07) is 6.44. The molecule has 0 saturated carbocycles. The fourth-order valence-corrected chi connectivity index (χ4v) is 2.70. The van der Waals surface area contributed by atoms with Crippen LogP contribution >= 0.6 is 12.4 Å². The lowest BCUT2D eigenvalue weighted by molar-refractivity contribution is -0.118. The predicted molar refractivity (Wildman–Crippen MR) is 86.4 cm³/mol. The van der Waals surface area contributed by atoms with Crippen LogP contribution in [-0.2, 0) is 14.8 Å². The molecule has 1 atom stereocenters. The van der Waals surface area contributed by atoms with Gasteiger partial charge in [0.25, 0.3) is 0 Å². The van der Waals surface area contributed by atoms with Gasteiger partial charge in [-0.15, -0.1) is 12.4 Å². The number of nitrogens with one attached hydrogen (secondary N) is 3. The lowest BCUT2D eigenvalue weighted by Gasteiger charge is -2.22. The highest BCUT2D eigenvalue weighted by Gasteiger charge is 2.20. The molecule has 1 heterocycles. The lowest BCUT2D eigenvalue weighted by atomic mass is 10.0. The molecule has 1 aromatic rings. The molecular formula is C13H20ClN3O3S. The number of hydrogen-bond acceptors (Lipinski definition) is 4. The Labute approximate surface area is 131 Å². The molecule has 6 nitrogen and oxygen atoms in total. The van der Waals surface area contributed by atoms with Crippen LogP contribution in [0, 0.1) is 0 Å². The number of amides is 1. The van der Waals surface area contributed by atoms with E-state index in [0.29, 0.717) is 11.4 Å². The number of benzene rings is 1. The first-order valence-electron chi connectivity index (χ1n) is 6.56. The van der Waals surface area contributed by atoms with Crippen LogP contribution in [0.25, 0.3) is 0 Å². The summed E-state index contributed by atoms with van der Waals surface area (Å²) in [5, 5.41) is 6.00. The fraction of sp³-hybridized carbons (Fsp3) is 0.462. The van der Waals surface area contributed by atoms with Gasteiger partial charge in [-0.2, -0.15) is 0 Å². The van der Waals surface area contributed by atoms with Crippen LogP contribution < -0.4 is 15.4 Å². The molecule has 1 fully saturated rings. The molecule has 0 radical (unpaired) electrons. The molecular weight excluding hydrogens is 314 g/mol. The van der Waals surface area contributed by atoms with Crippen LogP contribution in [0.2, 0.25) is 0 Å². The third-order valence-electron chi connectivity index (χ3n) is 3.08. The second-order valence-electron chi connectivity index (χ2n) is 4.94. The summed E-state index contributed by atoms with van der Waals surface area (Å²) in [6.45, 7) is 0.870. The van der Waals surface area contributed by atoms with Crippen molar-refractivity contribution in [2.24, 2.45) is 0 Å². The molecule has 0 aliphatic carbocycles. The van der Waals surface area contributed by atoms with Gasteiger partial charge in [-0.25, -0.2) is 8.42 Å². The number of halogens is 1. The van der Waals surface area contributed by atoms with Crippen molar-refractivity contribution in [3.05, 3.63) is 24.3 Å². The standard InChI is InChI=1S/C13H19N3O3S.ClH/c1-20(18,19)16-11-7-5-10(6-8-11)15-13(17)12-4-2-3-9-14-12;/h5-8,12,14,16H,2-4,9H2,1H3,(H,15,17);1H/t12-;/m0./s1. The average molecular weight is 334 g/mol. The number of sulfonamides is 1. The highest BCUT2D eigenvalue weighted by atomic mass is 35.5. The second kappa shape index (κ2) is 7.63. The van der Waals surface area contributed by atoms with Gasteiger partial charge in [-0.1, -0.05) is 6.42 Å². The van der Waals surface area contributed by atoms with E-state index in [9.17, 15) is 13.2 Å². The van der Waals surface area contributed by atoms with Gasteiger partial charge in [0.2, 0.25) is 15.9 Å². The number of carbonyl (C=O) groups excluding carboxylic acids is 1. The SMILES string of the molecule is CS(=O)(=O)Nc1ccc(NC(=O)[C@@H]2CCCCN2)cc1.Cl. The molecule has 1 aliphatic heterocycles. The summed E-state index contributed by atoms with van der Waals surface area (Å²) < 4.78 is 24.5. The molecule has 0 bridgehead atoms. The van der Waals surface area contributed by atoms with Gasteiger partial charge in [0.15, 0.2) is 0 Å². The van der Waals surface area contributed by atoms with Gasteiger partial charge < -0.3 is 10.6 Å². The monoisotopic (exact) mass is 333 g/mol. The van der Waals surface area contributed by atoms with Crippen molar-refractivity contribution >= 4 is 39.7 Å². The first-order chi connectivity index (χ1) is 9.44. The molecule has 0 aromatic heterocycles. The van der Waals surface area contributed by atoms with Crippen LogP contribution in [0.15, 0.2) is 24.3 Å². The third-order valence-corrected chi connectivity index (χ3v) is 3.69. The Balaban J connectivity index is 0.00000220. The first kappa shape index (κ1) is 17.7. The Morgan fingerprint density at radius 2 is 1.81 bits per heavy atom. The van der Waals surface area contributed by atoms with E-state index in [-0.39, 0.29) is 24.4 Å². The van der Waals surface area contributed by atoms with Crippen molar-refractivity contribution in [3.8, 4) is 0 Å². The molecule has 21 heavy (non-hydrogen) atoms. The highest BCUT2D eigenvalue weighted by Crippen LogP contribution is 2.16. The zero-order valence-corrected chi connectivity index (χ0v) is 13.4. The van der Waals surface area contributed by atoms with Crippen LogP contribution in [-0.4, -0.2) is 33.2 Å². The maximum atomic E-state index is 12.0. The van der Waals surface area contributed by atoms with E-state index in [4.69, 9.17) is 0 Å². The third kappa shape index (κ3) is 5.91. The molecule has 1 saturated heterocycles. The molecule has 8 heteroatoms. The minimum absolute atomic E-state index is 0. The molecule has 2 rings (SSSR count). The zero-order valence-electron chi connectivity index (χ0n) is 11.8. The summed E-state index contributed by atoms with van der Waals surface area (Å²) in [6.07, 6.45) is 4.11. The minimum Gasteiger partial charge on any atom is -0.325 e. The maximum absolute atomic E-state index is 12.0. The molecule has 1 aliphatic rings. The van der Waals surface area contributed by atoms with Crippen LogP contribution in [0.5, 0.6) is 0 Å². The highest BCUT2D eigenvalue weighted by molar-refractivity contribution is 7.92.